The highest BCUT2D eigenvalue weighted by molar-refractivity contribution is 5.68. The van der Waals surface area contributed by atoms with Crippen LogP contribution in [-0.4, -0.2) is 0 Å². The van der Waals surface area contributed by atoms with Gasteiger partial charge in [0, 0.05) is 0 Å². The van der Waals surface area contributed by atoms with Crippen molar-refractivity contribution in [1.29, 1.82) is 0 Å². The molecule has 0 aromatic heterocycles. The maximum atomic E-state index is 2.31. The Morgan fingerprint density at radius 1 is 0.682 bits per heavy atom. The fraction of sp³-hybridized carbons (Fsp3) is 0.455. The van der Waals surface area contributed by atoms with E-state index < -0.39 is 0 Å². The highest BCUT2D eigenvalue weighted by atomic mass is 14.1. The zero-order chi connectivity index (χ0) is 17.3. The summed E-state index contributed by atoms with van der Waals surface area (Å²) in [6.45, 7) is 19.0. The third-order valence-corrected chi connectivity index (χ3v) is 3.58. The van der Waals surface area contributed by atoms with Gasteiger partial charge in [-0.3, -0.25) is 0 Å². The molecular formula is C22H34. The summed E-state index contributed by atoms with van der Waals surface area (Å²) in [5.74, 6) is 0.596. The molecule has 0 unspecified atom stereocenters. The predicted octanol–water partition coefficient (Wildman–Crippen LogP) is 7.45. The monoisotopic (exact) mass is 298 g/mol. The number of aryl methyl sites for hydroxylation is 3. The lowest BCUT2D eigenvalue weighted by atomic mass is 9.92. The molecule has 22 heavy (non-hydrogen) atoms. The first kappa shape index (κ1) is 20.4. The quantitative estimate of drug-likeness (QED) is 0.540. The Bertz CT molecular complexity index is 562. The fourth-order valence-electron chi connectivity index (χ4n) is 2.63. The van der Waals surface area contributed by atoms with Gasteiger partial charge in [0.15, 0.2) is 0 Å². The number of hydrogen-bond acceptors (Lipinski definition) is 0. The van der Waals surface area contributed by atoms with Crippen molar-refractivity contribution in [3.63, 3.8) is 0 Å². The number of rotatable bonds is 2. The second kappa shape index (κ2) is 10.2. The van der Waals surface area contributed by atoms with Gasteiger partial charge in [-0.25, -0.2) is 0 Å². The molecule has 0 aliphatic carbocycles. The summed E-state index contributed by atoms with van der Waals surface area (Å²) in [6, 6.07) is 13.5. The van der Waals surface area contributed by atoms with Crippen LogP contribution >= 0.6 is 0 Å². The van der Waals surface area contributed by atoms with Crippen molar-refractivity contribution in [3.05, 3.63) is 58.7 Å². The molecule has 0 spiro atoms. The highest BCUT2D eigenvalue weighted by Crippen LogP contribution is 2.28. The Labute approximate surface area is 138 Å². The van der Waals surface area contributed by atoms with Gasteiger partial charge in [0.1, 0.15) is 0 Å². The smallest absolute Gasteiger partial charge is 0.0154 e. The van der Waals surface area contributed by atoms with E-state index >= 15 is 0 Å². The van der Waals surface area contributed by atoms with Crippen molar-refractivity contribution >= 4 is 0 Å². The van der Waals surface area contributed by atoms with Crippen LogP contribution < -0.4 is 0 Å². The summed E-state index contributed by atoms with van der Waals surface area (Å²) in [4.78, 5) is 0. The van der Waals surface area contributed by atoms with Crippen LogP contribution in [0.1, 0.15) is 69.7 Å². The molecule has 0 nitrogen and oxygen atoms in total. The summed E-state index contributed by atoms with van der Waals surface area (Å²) >= 11 is 0. The molecule has 0 fully saturated rings. The Balaban J connectivity index is 0.00000102. The lowest BCUT2D eigenvalue weighted by molar-refractivity contribution is 0.857. The molecule has 0 saturated carbocycles. The topological polar surface area (TPSA) is 0 Å². The molecule has 0 aliphatic rings. The molecule has 2 rings (SSSR count). The molecule has 2 aromatic carbocycles. The third-order valence-electron chi connectivity index (χ3n) is 3.58. The zero-order valence-electron chi connectivity index (χ0n) is 16.0. The summed E-state index contributed by atoms with van der Waals surface area (Å²) in [5.41, 5.74) is 8.19. The normalized spacial score (nSPS) is 9.55. The second-order valence-electron chi connectivity index (χ2n) is 5.54. The van der Waals surface area contributed by atoms with Crippen molar-refractivity contribution in [1.82, 2.24) is 0 Å². The van der Waals surface area contributed by atoms with Crippen molar-refractivity contribution in [3.8, 4) is 11.1 Å². The average molecular weight is 299 g/mol. The molecule has 122 valence electrons. The van der Waals surface area contributed by atoms with Crippen LogP contribution in [0.4, 0.5) is 0 Å². The lowest BCUT2D eigenvalue weighted by Gasteiger charge is -2.13. The fourth-order valence-corrected chi connectivity index (χ4v) is 2.63. The van der Waals surface area contributed by atoms with E-state index in [4.69, 9.17) is 0 Å². The Morgan fingerprint density at radius 2 is 1.27 bits per heavy atom. The Kier molecular flexibility index (Phi) is 9.49. The van der Waals surface area contributed by atoms with Crippen LogP contribution in [0.25, 0.3) is 11.1 Å². The van der Waals surface area contributed by atoms with Crippen LogP contribution in [0.5, 0.6) is 0 Å². The molecule has 0 heterocycles. The lowest BCUT2D eigenvalue weighted by Crippen LogP contribution is -1.93. The second-order valence-corrected chi connectivity index (χ2v) is 5.54. The van der Waals surface area contributed by atoms with Crippen molar-refractivity contribution in [2.24, 2.45) is 0 Å². The molecular weight excluding hydrogens is 264 g/mol. The van der Waals surface area contributed by atoms with Crippen LogP contribution in [0, 0.1) is 20.8 Å². The number of benzene rings is 2. The molecule has 0 radical (unpaired) electrons. The van der Waals surface area contributed by atoms with Gasteiger partial charge >= 0.3 is 0 Å². The molecule has 0 saturated heterocycles. The average Bonchev–Trinajstić information content (AvgIpc) is 2.51. The van der Waals surface area contributed by atoms with E-state index in [2.05, 4.69) is 71.0 Å². The summed E-state index contributed by atoms with van der Waals surface area (Å²) in [5, 5.41) is 0. The van der Waals surface area contributed by atoms with E-state index in [1.54, 1.807) is 0 Å². The SMILES string of the molecule is CC.CC.Cc1ccc(-c2ccc(C(C)C)c(C)c2)c(C)c1. The number of hydrogen-bond donors (Lipinski definition) is 0. The molecule has 2 aromatic rings. The first-order valence-electron chi connectivity index (χ1n) is 8.67. The summed E-state index contributed by atoms with van der Waals surface area (Å²) < 4.78 is 0. The largest absolute Gasteiger partial charge is 0.0683 e. The van der Waals surface area contributed by atoms with E-state index in [0.29, 0.717) is 5.92 Å². The third kappa shape index (κ3) is 5.33. The molecule has 0 heteroatoms. The first-order valence-corrected chi connectivity index (χ1v) is 8.67. The Hall–Kier alpha value is -1.56. The van der Waals surface area contributed by atoms with E-state index in [1.165, 1.54) is 33.4 Å². The van der Waals surface area contributed by atoms with Crippen LogP contribution in [-0.2, 0) is 0 Å². The summed E-state index contributed by atoms with van der Waals surface area (Å²) in [7, 11) is 0. The van der Waals surface area contributed by atoms with Gasteiger partial charge in [0.25, 0.3) is 0 Å². The van der Waals surface area contributed by atoms with Gasteiger partial charge in [0.05, 0.1) is 0 Å². The molecule has 0 bridgehead atoms. The van der Waals surface area contributed by atoms with Gasteiger partial charge in [-0.2, -0.15) is 0 Å². The van der Waals surface area contributed by atoms with Crippen LogP contribution in [0.2, 0.25) is 0 Å². The minimum atomic E-state index is 0.596. The van der Waals surface area contributed by atoms with Crippen LogP contribution in [0.3, 0.4) is 0 Å². The molecule has 0 aliphatic heterocycles. The van der Waals surface area contributed by atoms with Crippen LogP contribution in [0.15, 0.2) is 36.4 Å². The van der Waals surface area contributed by atoms with Gasteiger partial charge in [-0.1, -0.05) is 83.5 Å². The van der Waals surface area contributed by atoms with Gasteiger partial charge < -0.3 is 0 Å². The Morgan fingerprint density at radius 3 is 1.73 bits per heavy atom. The standard InChI is InChI=1S/C18H22.2C2H6/c1-12(2)17-9-7-16(11-15(17)5)18-8-6-13(3)10-14(18)4;2*1-2/h6-12H,1-5H3;2*1-2H3. The van der Waals surface area contributed by atoms with Crippen molar-refractivity contribution in [2.45, 2.75) is 68.2 Å². The van der Waals surface area contributed by atoms with E-state index in [1.807, 2.05) is 27.7 Å². The van der Waals surface area contributed by atoms with Crippen molar-refractivity contribution < 1.29 is 0 Å². The first-order chi connectivity index (χ1) is 10.5. The molecule has 0 N–H and O–H groups in total. The highest BCUT2D eigenvalue weighted by Gasteiger charge is 2.07. The maximum Gasteiger partial charge on any atom is -0.0154 e. The minimum absolute atomic E-state index is 0.596. The summed E-state index contributed by atoms with van der Waals surface area (Å²) in [6.07, 6.45) is 0. The predicted molar refractivity (Wildman–Crippen MR) is 103 cm³/mol. The van der Waals surface area contributed by atoms with E-state index in [9.17, 15) is 0 Å². The van der Waals surface area contributed by atoms with E-state index in [0.717, 1.165) is 0 Å². The van der Waals surface area contributed by atoms with Gasteiger partial charge in [0.2, 0.25) is 0 Å². The minimum Gasteiger partial charge on any atom is -0.0683 e. The maximum absolute atomic E-state index is 2.31. The van der Waals surface area contributed by atoms with Gasteiger partial charge in [-0.05, 0) is 54.5 Å². The molecule has 0 atom stereocenters. The van der Waals surface area contributed by atoms with E-state index in [-0.39, 0.29) is 0 Å². The van der Waals surface area contributed by atoms with Crippen molar-refractivity contribution in [2.75, 3.05) is 0 Å². The zero-order valence-corrected chi connectivity index (χ0v) is 16.0. The van der Waals surface area contributed by atoms with Gasteiger partial charge in [-0.15, -0.1) is 0 Å². The molecule has 0 amide bonds.